The zero-order valence-corrected chi connectivity index (χ0v) is 10.9. The number of ether oxygens (including phenoxy) is 1. The lowest BCUT2D eigenvalue weighted by molar-refractivity contribution is 0.0694. The van der Waals surface area contributed by atoms with Crippen molar-refractivity contribution in [2.45, 2.75) is 6.92 Å². The first-order valence-electron chi connectivity index (χ1n) is 5.54. The van der Waals surface area contributed by atoms with Gasteiger partial charge in [-0.25, -0.2) is 4.79 Å². The lowest BCUT2D eigenvalue weighted by Crippen LogP contribution is -2.01. The van der Waals surface area contributed by atoms with E-state index in [1.165, 1.54) is 18.2 Å². The third-order valence-electron chi connectivity index (χ3n) is 2.54. The van der Waals surface area contributed by atoms with E-state index >= 15 is 0 Å². The van der Waals surface area contributed by atoms with Gasteiger partial charge in [0.2, 0.25) is 0 Å². The van der Waals surface area contributed by atoms with Crippen molar-refractivity contribution in [3.63, 3.8) is 0 Å². The maximum absolute atomic E-state index is 11.1. The molecule has 3 N–H and O–H groups in total. The molecule has 0 unspecified atom stereocenters. The Balaban J connectivity index is 2.42. The fourth-order valence-corrected chi connectivity index (χ4v) is 1.88. The minimum Gasteiger partial charge on any atom is -0.478 e. The van der Waals surface area contributed by atoms with Gasteiger partial charge >= 0.3 is 5.97 Å². The molecule has 5 heteroatoms. The topological polar surface area (TPSA) is 72.5 Å². The number of carbonyl (C=O) groups is 1. The Morgan fingerprint density at radius 3 is 2.58 bits per heavy atom. The van der Waals surface area contributed by atoms with Crippen molar-refractivity contribution < 1.29 is 14.6 Å². The van der Waals surface area contributed by atoms with Crippen molar-refractivity contribution in [2.75, 3.05) is 5.73 Å². The van der Waals surface area contributed by atoms with Crippen molar-refractivity contribution >= 4 is 23.3 Å². The van der Waals surface area contributed by atoms with Gasteiger partial charge in [0, 0.05) is 11.8 Å². The van der Waals surface area contributed by atoms with E-state index in [1.54, 1.807) is 12.1 Å². The quantitative estimate of drug-likeness (QED) is 0.839. The number of hydrogen-bond acceptors (Lipinski definition) is 3. The van der Waals surface area contributed by atoms with Gasteiger partial charge in [0.05, 0.1) is 5.02 Å². The highest BCUT2D eigenvalue weighted by Crippen LogP contribution is 2.32. The number of carboxylic acid groups (broad SMARTS) is 1. The fourth-order valence-electron chi connectivity index (χ4n) is 1.61. The number of halogens is 1. The summed E-state index contributed by atoms with van der Waals surface area (Å²) in [5.74, 6) is -0.531. The summed E-state index contributed by atoms with van der Waals surface area (Å²) in [6.45, 7) is 1.90. The number of anilines is 1. The van der Waals surface area contributed by atoms with Crippen molar-refractivity contribution in [2.24, 2.45) is 0 Å². The van der Waals surface area contributed by atoms with Crippen LogP contribution in [-0.4, -0.2) is 11.1 Å². The molecule has 0 aliphatic carbocycles. The van der Waals surface area contributed by atoms with Crippen molar-refractivity contribution in [3.05, 3.63) is 52.5 Å². The first-order chi connectivity index (χ1) is 8.97. The monoisotopic (exact) mass is 277 g/mol. The van der Waals surface area contributed by atoms with Gasteiger partial charge in [-0.05, 0) is 36.8 Å². The Labute approximate surface area is 115 Å². The predicted molar refractivity (Wildman–Crippen MR) is 74.1 cm³/mol. The molecule has 0 bridgehead atoms. The minimum atomic E-state index is -1.08. The van der Waals surface area contributed by atoms with Crippen LogP contribution in [0.4, 0.5) is 5.69 Å². The average molecular weight is 278 g/mol. The first kappa shape index (κ1) is 13.2. The second-order valence-corrected chi connectivity index (χ2v) is 4.50. The number of aryl methyl sites for hydroxylation is 1. The second kappa shape index (κ2) is 5.20. The van der Waals surface area contributed by atoms with Crippen molar-refractivity contribution in [3.8, 4) is 11.5 Å². The van der Waals surface area contributed by atoms with Gasteiger partial charge in [0.15, 0.2) is 0 Å². The van der Waals surface area contributed by atoms with Gasteiger partial charge in [0.25, 0.3) is 0 Å². The van der Waals surface area contributed by atoms with Crippen LogP contribution in [0.1, 0.15) is 15.9 Å². The zero-order chi connectivity index (χ0) is 14.0. The van der Waals surface area contributed by atoms with Crippen molar-refractivity contribution in [1.29, 1.82) is 0 Å². The molecule has 0 aliphatic rings. The fraction of sp³-hybridized carbons (Fsp3) is 0.0714. The molecule has 98 valence electrons. The molecule has 0 aromatic heterocycles. The van der Waals surface area contributed by atoms with Crippen LogP contribution in [0.5, 0.6) is 11.5 Å². The van der Waals surface area contributed by atoms with Crippen LogP contribution in [0, 0.1) is 6.92 Å². The van der Waals surface area contributed by atoms with Crippen LogP contribution in [-0.2, 0) is 0 Å². The molecule has 0 saturated heterocycles. The molecular formula is C14H12ClNO3. The van der Waals surface area contributed by atoms with Gasteiger partial charge in [-0.15, -0.1) is 0 Å². The molecule has 2 aromatic carbocycles. The van der Waals surface area contributed by atoms with Crippen LogP contribution in [0.3, 0.4) is 0 Å². The average Bonchev–Trinajstić information content (AvgIpc) is 2.32. The Morgan fingerprint density at radius 1 is 1.21 bits per heavy atom. The lowest BCUT2D eigenvalue weighted by Gasteiger charge is -2.11. The van der Waals surface area contributed by atoms with E-state index in [9.17, 15) is 4.79 Å². The van der Waals surface area contributed by atoms with E-state index < -0.39 is 5.97 Å². The highest BCUT2D eigenvalue weighted by molar-refractivity contribution is 6.32. The maximum Gasteiger partial charge on any atom is 0.339 e. The largest absolute Gasteiger partial charge is 0.478 e. The third kappa shape index (κ3) is 2.98. The molecular weight excluding hydrogens is 266 g/mol. The molecule has 0 saturated carbocycles. The summed E-state index contributed by atoms with van der Waals surface area (Å²) in [6.07, 6.45) is 0. The van der Waals surface area contributed by atoms with Crippen LogP contribution in [0.25, 0.3) is 0 Å². The van der Waals surface area contributed by atoms with E-state index in [0.717, 1.165) is 5.56 Å². The van der Waals surface area contributed by atoms with Gasteiger partial charge in [-0.2, -0.15) is 0 Å². The summed E-state index contributed by atoms with van der Waals surface area (Å²) in [7, 11) is 0. The van der Waals surface area contributed by atoms with E-state index in [0.29, 0.717) is 16.5 Å². The lowest BCUT2D eigenvalue weighted by atomic mass is 10.2. The van der Waals surface area contributed by atoms with Crippen LogP contribution in [0.2, 0.25) is 5.02 Å². The van der Waals surface area contributed by atoms with Gasteiger partial charge in [-0.1, -0.05) is 17.7 Å². The summed E-state index contributed by atoms with van der Waals surface area (Å²) >= 11 is 6.05. The maximum atomic E-state index is 11.1. The third-order valence-corrected chi connectivity index (χ3v) is 2.84. The van der Waals surface area contributed by atoms with Gasteiger partial charge in [-0.3, -0.25) is 0 Å². The number of hydrogen-bond donors (Lipinski definition) is 2. The molecule has 0 spiro atoms. The van der Waals surface area contributed by atoms with E-state index in [4.69, 9.17) is 27.2 Å². The number of aromatic carboxylic acids is 1. The minimum absolute atomic E-state index is 0.0332. The summed E-state index contributed by atoms with van der Waals surface area (Å²) in [6, 6.07) is 9.62. The SMILES string of the molecule is Cc1ccc(Oc2cc(N)ccc2C(=O)O)c(Cl)c1. The van der Waals surface area contributed by atoms with Gasteiger partial charge in [0.1, 0.15) is 17.1 Å². The number of nitrogens with two attached hydrogens (primary N) is 1. The molecule has 0 radical (unpaired) electrons. The summed E-state index contributed by atoms with van der Waals surface area (Å²) in [4.78, 5) is 11.1. The first-order valence-corrected chi connectivity index (χ1v) is 5.92. The molecule has 0 amide bonds. The molecule has 19 heavy (non-hydrogen) atoms. The molecule has 2 rings (SSSR count). The molecule has 0 heterocycles. The standard InChI is InChI=1S/C14H12ClNO3/c1-8-2-5-12(11(15)6-8)19-13-7-9(16)3-4-10(13)14(17)18/h2-7H,16H2,1H3,(H,17,18). The molecule has 0 aliphatic heterocycles. The number of benzene rings is 2. The zero-order valence-electron chi connectivity index (χ0n) is 10.2. The predicted octanol–water partition coefficient (Wildman–Crippen LogP) is 3.72. The number of carboxylic acids is 1. The summed E-state index contributed by atoms with van der Waals surface area (Å²) in [5.41, 5.74) is 7.08. The second-order valence-electron chi connectivity index (χ2n) is 4.10. The highest BCUT2D eigenvalue weighted by Gasteiger charge is 2.13. The number of rotatable bonds is 3. The Morgan fingerprint density at radius 2 is 1.95 bits per heavy atom. The van der Waals surface area contributed by atoms with Crippen LogP contribution in [0.15, 0.2) is 36.4 Å². The Hall–Kier alpha value is -2.20. The van der Waals surface area contributed by atoms with E-state index in [-0.39, 0.29) is 11.3 Å². The molecule has 0 fully saturated rings. The van der Waals surface area contributed by atoms with E-state index in [1.807, 2.05) is 13.0 Å². The van der Waals surface area contributed by atoms with Crippen LogP contribution < -0.4 is 10.5 Å². The molecule has 2 aromatic rings. The Bertz CT molecular complexity index is 641. The molecule has 0 atom stereocenters. The van der Waals surface area contributed by atoms with Gasteiger partial charge < -0.3 is 15.6 Å². The van der Waals surface area contributed by atoms with E-state index in [2.05, 4.69) is 0 Å². The number of nitrogen functional groups attached to an aromatic ring is 1. The highest BCUT2D eigenvalue weighted by atomic mass is 35.5. The molecule has 4 nitrogen and oxygen atoms in total. The summed E-state index contributed by atoms with van der Waals surface area (Å²) < 4.78 is 5.54. The van der Waals surface area contributed by atoms with Crippen LogP contribution >= 0.6 is 11.6 Å². The Kier molecular flexibility index (Phi) is 3.62. The van der Waals surface area contributed by atoms with Crippen molar-refractivity contribution in [1.82, 2.24) is 0 Å². The summed E-state index contributed by atoms with van der Waals surface area (Å²) in [5, 5.41) is 9.51. The normalized spacial score (nSPS) is 10.2. The smallest absolute Gasteiger partial charge is 0.339 e.